The Morgan fingerprint density at radius 2 is 1.64 bits per heavy atom. The lowest BCUT2D eigenvalue weighted by Crippen LogP contribution is -2.14. The zero-order valence-electron chi connectivity index (χ0n) is 13.9. The number of thioether (sulfide) groups is 1. The van der Waals surface area contributed by atoms with E-state index in [9.17, 15) is 13.6 Å². The molecule has 0 aliphatic heterocycles. The average Bonchev–Trinajstić information content (AvgIpc) is 2.61. The van der Waals surface area contributed by atoms with E-state index in [1.165, 1.54) is 27.4 Å². The molecule has 2 aromatic carbocycles. The summed E-state index contributed by atoms with van der Waals surface area (Å²) in [5.74, 6) is -0.929. The Bertz CT molecular complexity index is 745. The fourth-order valence-electron chi connectivity index (χ4n) is 2.07. The van der Waals surface area contributed by atoms with Crippen molar-refractivity contribution in [3.63, 3.8) is 0 Å². The zero-order valence-corrected chi connectivity index (χ0v) is 14.7. The van der Waals surface area contributed by atoms with Gasteiger partial charge >= 0.3 is 0 Å². The molecule has 8 heteroatoms. The fourth-order valence-corrected chi connectivity index (χ4v) is 2.79. The van der Waals surface area contributed by atoms with Crippen LogP contribution in [0.15, 0.2) is 35.2 Å². The molecule has 0 fully saturated rings. The molecule has 5 nitrogen and oxygen atoms in total. The van der Waals surface area contributed by atoms with Gasteiger partial charge < -0.3 is 19.5 Å². The highest BCUT2D eigenvalue weighted by molar-refractivity contribution is 8.00. The topological polar surface area (TPSA) is 56.8 Å². The number of carbonyl (C=O) groups excluding carboxylic acids is 1. The van der Waals surface area contributed by atoms with Gasteiger partial charge in [-0.15, -0.1) is 11.8 Å². The molecule has 0 aliphatic carbocycles. The summed E-state index contributed by atoms with van der Waals surface area (Å²) in [6.45, 7) is 0. The van der Waals surface area contributed by atoms with Gasteiger partial charge in [0, 0.05) is 22.7 Å². The zero-order chi connectivity index (χ0) is 18.4. The van der Waals surface area contributed by atoms with Crippen molar-refractivity contribution < 1.29 is 27.8 Å². The first-order chi connectivity index (χ1) is 12.0. The SMILES string of the molecule is COc1cc(NC(=O)CSc2ccc(F)c(F)c2)cc(OC)c1OC. The van der Waals surface area contributed by atoms with Crippen LogP contribution in [0.1, 0.15) is 0 Å². The number of benzene rings is 2. The molecule has 0 unspecified atom stereocenters. The minimum atomic E-state index is -0.949. The maximum atomic E-state index is 13.2. The van der Waals surface area contributed by atoms with E-state index in [1.54, 1.807) is 12.1 Å². The van der Waals surface area contributed by atoms with Gasteiger partial charge in [-0.2, -0.15) is 0 Å². The van der Waals surface area contributed by atoms with E-state index in [1.807, 2.05) is 0 Å². The minimum Gasteiger partial charge on any atom is -0.493 e. The smallest absolute Gasteiger partial charge is 0.234 e. The first kappa shape index (κ1) is 18.9. The first-order valence-corrected chi connectivity index (χ1v) is 8.14. The molecule has 0 aliphatic rings. The third-order valence-electron chi connectivity index (χ3n) is 3.21. The maximum absolute atomic E-state index is 13.2. The summed E-state index contributed by atoms with van der Waals surface area (Å²) in [6, 6.07) is 6.68. The lowest BCUT2D eigenvalue weighted by molar-refractivity contribution is -0.113. The molecule has 0 saturated heterocycles. The number of carbonyl (C=O) groups is 1. The Labute approximate surface area is 148 Å². The highest BCUT2D eigenvalue weighted by Crippen LogP contribution is 2.40. The van der Waals surface area contributed by atoms with E-state index in [2.05, 4.69) is 5.32 Å². The molecule has 0 radical (unpaired) electrons. The highest BCUT2D eigenvalue weighted by Gasteiger charge is 2.14. The van der Waals surface area contributed by atoms with E-state index in [-0.39, 0.29) is 11.7 Å². The van der Waals surface area contributed by atoms with Gasteiger partial charge in [-0.05, 0) is 18.2 Å². The van der Waals surface area contributed by atoms with Crippen LogP contribution in [-0.4, -0.2) is 33.0 Å². The van der Waals surface area contributed by atoms with Crippen LogP contribution in [0.2, 0.25) is 0 Å². The van der Waals surface area contributed by atoms with Crippen LogP contribution in [0, 0.1) is 11.6 Å². The number of ether oxygens (including phenoxy) is 3. The second-order valence-electron chi connectivity index (χ2n) is 4.83. The average molecular weight is 369 g/mol. The number of hydrogen-bond acceptors (Lipinski definition) is 5. The molecule has 2 aromatic rings. The van der Waals surface area contributed by atoms with Crippen LogP contribution >= 0.6 is 11.8 Å². The van der Waals surface area contributed by atoms with Crippen molar-refractivity contribution in [3.8, 4) is 17.2 Å². The molecule has 134 valence electrons. The molecule has 0 aromatic heterocycles. The van der Waals surface area contributed by atoms with Gasteiger partial charge in [-0.1, -0.05) is 0 Å². The van der Waals surface area contributed by atoms with Gasteiger partial charge in [-0.3, -0.25) is 4.79 Å². The number of amides is 1. The molecule has 1 N–H and O–H groups in total. The van der Waals surface area contributed by atoms with E-state index in [0.717, 1.165) is 23.9 Å². The summed E-state index contributed by atoms with van der Waals surface area (Å²) in [5.41, 5.74) is 0.463. The van der Waals surface area contributed by atoms with Crippen LogP contribution in [0.5, 0.6) is 17.2 Å². The molecule has 0 atom stereocenters. The van der Waals surface area contributed by atoms with Crippen molar-refractivity contribution in [1.82, 2.24) is 0 Å². The number of nitrogens with one attached hydrogen (secondary N) is 1. The van der Waals surface area contributed by atoms with Gasteiger partial charge in [0.25, 0.3) is 0 Å². The van der Waals surface area contributed by atoms with Crippen LogP contribution < -0.4 is 19.5 Å². The lowest BCUT2D eigenvalue weighted by Gasteiger charge is -2.14. The first-order valence-electron chi connectivity index (χ1n) is 7.16. The number of rotatable bonds is 7. The summed E-state index contributed by atoms with van der Waals surface area (Å²) >= 11 is 1.09. The normalized spacial score (nSPS) is 10.3. The third kappa shape index (κ3) is 4.76. The Hall–Kier alpha value is -2.48. The number of methoxy groups -OCH3 is 3. The van der Waals surface area contributed by atoms with Crippen molar-refractivity contribution in [2.24, 2.45) is 0 Å². The maximum Gasteiger partial charge on any atom is 0.234 e. The fraction of sp³-hybridized carbons (Fsp3) is 0.235. The van der Waals surface area contributed by atoms with Gasteiger partial charge in [0.15, 0.2) is 23.1 Å². The summed E-state index contributed by atoms with van der Waals surface area (Å²) in [4.78, 5) is 12.5. The van der Waals surface area contributed by atoms with Crippen LogP contribution in [0.4, 0.5) is 14.5 Å². The summed E-state index contributed by atoms with van der Waals surface area (Å²) < 4.78 is 41.7. The van der Waals surface area contributed by atoms with Gasteiger partial charge in [-0.25, -0.2) is 8.78 Å². The molecular weight excluding hydrogens is 352 g/mol. The molecule has 2 rings (SSSR count). The monoisotopic (exact) mass is 369 g/mol. The van der Waals surface area contributed by atoms with Crippen LogP contribution in [0.3, 0.4) is 0 Å². The van der Waals surface area contributed by atoms with Crippen LogP contribution in [0.25, 0.3) is 0 Å². The van der Waals surface area contributed by atoms with Crippen molar-refractivity contribution >= 4 is 23.4 Å². The number of halogens is 2. The molecule has 1 amide bonds. The Balaban J connectivity index is 2.05. The standard InChI is InChI=1S/C17H17F2NO4S/c1-22-14-6-10(7-15(23-2)17(14)24-3)20-16(21)9-25-11-4-5-12(18)13(19)8-11/h4-8H,9H2,1-3H3,(H,20,21). The second kappa shape index (κ2) is 8.57. The predicted octanol–water partition coefficient (Wildman–Crippen LogP) is 3.72. The Morgan fingerprint density at radius 3 is 2.16 bits per heavy atom. The molecule has 0 heterocycles. The number of hydrogen-bond donors (Lipinski definition) is 1. The second-order valence-corrected chi connectivity index (χ2v) is 5.88. The molecular formula is C17H17F2NO4S. The largest absolute Gasteiger partial charge is 0.493 e. The molecule has 0 saturated carbocycles. The van der Waals surface area contributed by atoms with Gasteiger partial charge in [0.2, 0.25) is 11.7 Å². The van der Waals surface area contributed by atoms with Crippen molar-refractivity contribution in [2.75, 3.05) is 32.4 Å². The van der Waals surface area contributed by atoms with Gasteiger partial charge in [0.1, 0.15) is 0 Å². The Kier molecular flexibility index (Phi) is 6.46. The molecule has 0 bridgehead atoms. The van der Waals surface area contributed by atoms with E-state index in [4.69, 9.17) is 14.2 Å². The summed E-state index contributed by atoms with van der Waals surface area (Å²) in [7, 11) is 4.43. The minimum absolute atomic E-state index is 0.0295. The quantitative estimate of drug-likeness (QED) is 0.754. The van der Waals surface area contributed by atoms with E-state index in [0.29, 0.717) is 27.8 Å². The lowest BCUT2D eigenvalue weighted by atomic mass is 10.2. The van der Waals surface area contributed by atoms with E-state index >= 15 is 0 Å². The van der Waals surface area contributed by atoms with Crippen molar-refractivity contribution in [2.45, 2.75) is 4.90 Å². The van der Waals surface area contributed by atoms with E-state index < -0.39 is 11.6 Å². The molecule has 25 heavy (non-hydrogen) atoms. The summed E-state index contributed by atoms with van der Waals surface area (Å²) in [5, 5.41) is 2.70. The summed E-state index contributed by atoms with van der Waals surface area (Å²) in [6.07, 6.45) is 0. The van der Waals surface area contributed by atoms with Gasteiger partial charge in [0.05, 0.1) is 27.1 Å². The third-order valence-corrected chi connectivity index (χ3v) is 4.20. The predicted molar refractivity (Wildman–Crippen MR) is 91.8 cm³/mol. The molecule has 0 spiro atoms. The Morgan fingerprint density at radius 1 is 1.00 bits per heavy atom. The van der Waals surface area contributed by atoms with Crippen molar-refractivity contribution in [3.05, 3.63) is 42.0 Å². The van der Waals surface area contributed by atoms with Crippen molar-refractivity contribution in [1.29, 1.82) is 0 Å². The highest BCUT2D eigenvalue weighted by atomic mass is 32.2. The number of anilines is 1. The van der Waals surface area contributed by atoms with Crippen LogP contribution in [-0.2, 0) is 4.79 Å².